The minimum absolute atomic E-state index is 0.364. The predicted molar refractivity (Wildman–Crippen MR) is 54.8 cm³/mol. The van der Waals surface area contributed by atoms with Gasteiger partial charge in [-0.3, -0.25) is 0 Å². The molecule has 1 aromatic rings. The highest BCUT2D eigenvalue weighted by molar-refractivity contribution is 5.95. The zero-order valence-electron chi connectivity index (χ0n) is 8.08. The number of nitrogens with one attached hydrogen (secondary N) is 1. The molecule has 1 aliphatic heterocycles. The standard InChI is InChI=1S/C11H13NO2/c1-7-5-6-8-3-2-4-9(11(13)14)10(8)12-7/h2-4,7,12H,5-6H2,1H3,(H,13,14)/t7-/m0/s1. The molecule has 0 fully saturated rings. The lowest BCUT2D eigenvalue weighted by molar-refractivity contribution is 0.0697. The van der Waals surface area contributed by atoms with E-state index in [1.54, 1.807) is 12.1 Å². The van der Waals surface area contributed by atoms with Crippen molar-refractivity contribution in [2.45, 2.75) is 25.8 Å². The van der Waals surface area contributed by atoms with Crippen molar-refractivity contribution in [1.29, 1.82) is 0 Å². The minimum atomic E-state index is -0.858. The van der Waals surface area contributed by atoms with E-state index in [9.17, 15) is 4.79 Å². The second kappa shape index (κ2) is 3.33. The first-order valence-corrected chi connectivity index (χ1v) is 4.80. The Balaban J connectivity index is 2.48. The van der Waals surface area contributed by atoms with Crippen LogP contribution in [0.15, 0.2) is 18.2 Å². The maximum atomic E-state index is 10.9. The molecule has 1 heterocycles. The summed E-state index contributed by atoms with van der Waals surface area (Å²) < 4.78 is 0. The number of aromatic carboxylic acids is 1. The van der Waals surface area contributed by atoms with Gasteiger partial charge in [-0.05, 0) is 31.4 Å². The number of carbonyl (C=O) groups is 1. The summed E-state index contributed by atoms with van der Waals surface area (Å²) in [4.78, 5) is 10.9. The molecule has 2 rings (SSSR count). The normalized spacial score (nSPS) is 19.6. The Morgan fingerprint density at radius 1 is 1.57 bits per heavy atom. The summed E-state index contributed by atoms with van der Waals surface area (Å²) >= 11 is 0. The van der Waals surface area contributed by atoms with Crippen LogP contribution in [0.25, 0.3) is 0 Å². The number of anilines is 1. The van der Waals surface area contributed by atoms with Crippen LogP contribution in [-0.4, -0.2) is 17.1 Å². The molecule has 0 radical (unpaired) electrons. The highest BCUT2D eigenvalue weighted by Crippen LogP contribution is 2.28. The molecule has 1 aliphatic rings. The minimum Gasteiger partial charge on any atom is -0.478 e. The topological polar surface area (TPSA) is 49.3 Å². The van der Waals surface area contributed by atoms with E-state index >= 15 is 0 Å². The Bertz CT molecular complexity index is 374. The summed E-state index contributed by atoms with van der Waals surface area (Å²) in [7, 11) is 0. The van der Waals surface area contributed by atoms with Gasteiger partial charge in [0.1, 0.15) is 0 Å². The van der Waals surface area contributed by atoms with E-state index in [0.29, 0.717) is 11.6 Å². The van der Waals surface area contributed by atoms with Crippen molar-refractivity contribution in [2.75, 3.05) is 5.32 Å². The van der Waals surface area contributed by atoms with Crippen molar-refractivity contribution in [3.05, 3.63) is 29.3 Å². The lowest BCUT2D eigenvalue weighted by Gasteiger charge is -2.25. The third kappa shape index (κ3) is 1.45. The van der Waals surface area contributed by atoms with Crippen LogP contribution in [0.2, 0.25) is 0 Å². The molecule has 0 saturated carbocycles. The first-order valence-electron chi connectivity index (χ1n) is 4.80. The molecule has 0 amide bonds. The maximum absolute atomic E-state index is 10.9. The number of carboxylic acid groups (broad SMARTS) is 1. The number of hydrogen-bond acceptors (Lipinski definition) is 2. The van der Waals surface area contributed by atoms with Gasteiger partial charge in [0, 0.05) is 6.04 Å². The molecule has 0 saturated heterocycles. The van der Waals surface area contributed by atoms with Crippen molar-refractivity contribution >= 4 is 11.7 Å². The fourth-order valence-corrected chi connectivity index (χ4v) is 1.85. The van der Waals surface area contributed by atoms with E-state index in [1.165, 1.54) is 0 Å². The number of hydrogen-bond donors (Lipinski definition) is 2. The van der Waals surface area contributed by atoms with Gasteiger partial charge >= 0.3 is 5.97 Å². The molecule has 1 atom stereocenters. The average Bonchev–Trinajstić information content (AvgIpc) is 2.16. The molecule has 3 heteroatoms. The zero-order valence-corrected chi connectivity index (χ0v) is 8.08. The molecule has 14 heavy (non-hydrogen) atoms. The highest BCUT2D eigenvalue weighted by Gasteiger charge is 2.19. The summed E-state index contributed by atoms with van der Waals surface area (Å²) in [5.41, 5.74) is 2.30. The van der Waals surface area contributed by atoms with Crippen molar-refractivity contribution in [3.8, 4) is 0 Å². The van der Waals surface area contributed by atoms with Crippen LogP contribution in [0, 0.1) is 0 Å². The average molecular weight is 191 g/mol. The second-order valence-electron chi connectivity index (χ2n) is 3.73. The van der Waals surface area contributed by atoms with Crippen molar-refractivity contribution < 1.29 is 9.90 Å². The summed E-state index contributed by atoms with van der Waals surface area (Å²) in [6, 6.07) is 5.80. The third-order valence-corrected chi connectivity index (χ3v) is 2.62. The lowest BCUT2D eigenvalue weighted by atomic mass is 9.96. The molecule has 0 spiro atoms. The van der Waals surface area contributed by atoms with E-state index in [1.807, 2.05) is 6.07 Å². The monoisotopic (exact) mass is 191 g/mol. The fourth-order valence-electron chi connectivity index (χ4n) is 1.85. The van der Waals surface area contributed by atoms with Gasteiger partial charge in [-0.1, -0.05) is 12.1 Å². The molecule has 0 bridgehead atoms. The first-order chi connectivity index (χ1) is 6.68. The predicted octanol–water partition coefficient (Wildman–Crippen LogP) is 2.13. The SMILES string of the molecule is C[C@H]1CCc2cccc(C(=O)O)c2N1. The first kappa shape index (κ1) is 9.06. The van der Waals surface area contributed by atoms with Gasteiger partial charge < -0.3 is 10.4 Å². The number of carboxylic acids is 1. The number of aryl methyl sites for hydroxylation is 1. The molecule has 2 N–H and O–H groups in total. The van der Waals surface area contributed by atoms with Crippen molar-refractivity contribution in [3.63, 3.8) is 0 Å². The quantitative estimate of drug-likeness (QED) is 0.715. The number of benzene rings is 1. The summed E-state index contributed by atoms with van der Waals surface area (Å²) in [5, 5.41) is 12.2. The third-order valence-electron chi connectivity index (χ3n) is 2.62. The van der Waals surface area contributed by atoms with Crippen LogP contribution in [0.3, 0.4) is 0 Å². The van der Waals surface area contributed by atoms with Gasteiger partial charge in [0.25, 0.3) is 0 Å². The molecule has 74 valence electrons. The van der Waals surface area contributed by atoms with E-state index in [4.69, 9.17) is 5.11 Å². The van der Waals surface area contributed by atoms with Gasteiger partial charge in [-0.15, -0.1) is 0 Å². The number of rotatable bonds is 1. The Hall–Kier alpha value is -1.51. The van der Waals surface area contributed by atoms with E-state index < -0.39 is 5.97 Å². The van der Waals surface area contributed by atoms with Gasteiger partial charge in [0.15, 0.2) is 0 Å². The Labute approximate surface area is 82.8 Å². The van der Waals surface area contributed by atoms with Crippen LogP contribution in [0.4, 0.5) is 5.69 Å². The summed E-state index contributed by atoms with van der Waals surface area (Å²) in [6.07, 6.45) is 2.03. The highest BCUT2D eigenvalue weighted by atomic mass is 16.4. The molecule has 0 aromatic heterocycles. The molecular weight excluding hydrogens is 178 g/mol. The van der Waals surface area contributed by atoms with Crippen molar-refractivity contribution in [2.24, 2.45) is 0 Å². The smallest absolute Gasteiger partial charge is 0.337 e. The van der Waals surface area contributed by atoms with Gasteiger partial charge in [0.2, 0.25) is 0 Å². The Morgan fingerprint density at radius 2 is 2.36 bits per heavy atom. The largest absolute Gasteiger partial charge is 0.478 e. The van der Waals surface area contributed by atoms with Crippen molar-refractivity contribution in [1.82, 2.24) is 0 Å². The Morgan fingerprint density at radius 3 is 3.07 bits per heavy atom. The van der Waals surface area contributed by atoms with Crippen LogP contribution in [-0.2, 0) is 6.42 Å². The second-order valence-corrected chi connectivity index (χ2v) is 3.73. The molecule has 3 nitrogen and oxygen atoms in total. The summed E-state index contributed by atoms with van der Waals surface area (Å²) in [5.74, 6) is -0.858. The van der Waals surface area contributed by atoms with Gasteiger partial charge in [-0.25, -0.2) is 4.79 Å². The van der Waals surface area contributed by atoms with E-state index in [0.717, 1.165) is 24.1 Å². The van der Waals surface area contributed by atoms with Crippen LogP contribution in [0.1, 0.15) is 29.3 Å². The molecule has 1 aromatic carbocycles. The zero-order chi connectivity index (χ0) is 10.1. The molecule has 0 unspecified atom stereocenters. The number of fused-ring (bicyclic) bond motifs is 1. The van der Waals surface area contributed by atoms with E-state index in [-0.39, 0.29) is 0 Å². The maximum Gasteiger partial charge on any atom is 0.337 e. The Kier molecular flexibility index (Phi) is 2.15. The van der Waals surface area contributed by atoms with E-state index in [2.05, 4.69) is 12.2 Å². The number of para-hydroxylation sites is 1. The molecule has 0 aliphatic carbocycles. The van der Waals surface area contributed by atoms with Crippen LogP contribution >= 0.6 is 0 Å². The molecular formula is C11H13NO2. The van der Waals surface area contributed by atoms with Gasteiger partial charge in [0.05, 0.1) is 11.3 Å². The van der Waals surface area contributed by atoms with Gasteiger partial charge in [-0.2, -0.15) is 0 Å². The summed E-state index contributed by atoms with van der Waals surface area (Å²) in [6.45, 7) is 2.07. The van der Waals surface area contributed by atoms with Crippen LogP contribution < -0.4 is 5.32 Å². The fraction of sp³-hybridized carbons (Fsp3) is 0.364. The lowest BCUT2D eigenvalue weighted by Crippen LogP contribution is -2.23. The van der Waals surface area contributed by atoms with Crippen LogP contribution in [0.5, 0.6) is 0 Å².